The summed E-state index contributed by atoms with van der Waals surface area (Å²) in [6.07, 6.45) is 1.36. The van der Waals surface area contributed by atoms with Crippen molar-refractivity contribution in [3.63, 3.8) is 0 Å². The predicted octanol–water partition coefficient (Wildman–Crippen LogP) is 4.78. The number of hydrogen-bond acceptors (Lipinski definition) is 6. The molecule has 3 aromatic rings. The number of hydrogen-bond donors (Lipinski definition) is 2. The maximum Gasteiger partial charge on any atom is 0.256 e. The topological polar surface area (TPSA) is 102 Å². The van der Waals surface area contributed by atoms with Crippen molar-refractivity contribution in [1.29, 1.82) is 5.26 Å². The summed E-state index contributed by atoms with van der Waals surface area (Å²) in [7, 11) is -3.69. The van der Waals surface area contributed by atoms with Gasteiger partial charge < -0.3 is 10.6 Å². The zero-order chi connectivity index (χ0) is 26.6. The molecule has 2 aromatic carbocycles. The third-order valence-corrected chi connectivity index (χ3v) is 10.4. The van der Waals surface area contributed by atoms with Crippen LogP contribution in [-0.4, -0.2) is 30.7 Å². The second kappa shape index (κ2) is 9.07. The van der Waals surface area contributed by atoms with Crippen LogP contribution in [-0.2, 0) is 34.9 Å². The number of nitrogens with zero attached hydrogens (tertiary/aromatic N) is 2. The fourth-order valence-electron chi connectivity index (χ4n) is 5.51. The largest absolute Gasteiger partial charge is 0.312 e. The van der Waals surface area contributed by atoms with Crippen LogP contribution in [0.5, 0.6) is 0 Å². The molecule has 192 valence electrons. The number of carbonyl (C=O) groups is 1. The third kappa shape index (κ3) is 4.71. The van der Waals surface area contributed by atoms with Crippen LogP contribution in [0.4, 0.5) is 5.00 Å². The van der Waals surface area contributed by atoms with Crippen LogP contribution >= 0.6 is 11.3 Å². The highest BCUT2D eigenvalue weighted by molar-refractivity contribution is 7.89. The minimum atomic E-state index is -3.69. The molecule has 9 heteroatoms. The van der Waals surface area contributed by atoms with Gasteiger partial charge in [-0.3, -0.25) is 4.79 Å². The van der Waals surface area contributed by atoms with Gasteiger partial charge in [-0.1, -0.05) is 24.3 Å². The van der Waals surface area contributed by atoms with Gasteiger partial charge in [0.05, 0.1) is 10.5 Å². The van der Waals surface area contributed by atoms with Gasteiger partial charge in [0.25, 0.3) is 5.91 Å². The van der Waals surface area contributed by atoms with E-state index >= 15 is 0 Å². The quantitative estimate of drug-likeness (QED) is 0.502. The highest BCUT2D eigenvalue weighted by Gasteiger charge is 2.40. The number of rotatable bonds is 4. The van der Waals surface area contributed by atoms with Gasteiger partial charge in [-0.05, 0) is 81.5 Å². The molecule has 0 radical (unpaired) electrons. The number of nitriles is 1. The summed E-state index contributed by atoms with van der Waals surface area (Å²) in [6.45, 7) is 9.12. The fourth-order valence-corrected chi connectivity index (χ4v) is 8.15. The number of anilines is 1. The van der Waals surface area contributed by atoms with E-state index in [1.165, 1.54) is 45.5 Å². The number of thiophene rings is 1. The summed E-state index contributed by atoms with van der Waals surface area (Å²) >= 11 is 1.42. The zero-order valence-corrected chi connectivity index (χ0v) is 23.0. The number of amides is 1. The highest BCUT2D eigenvalue weighted by atomic mass is 32.2. The second-order valence-electron chi connectivity index (χ2n) is 10.9. The minimum Gasteiger partial charge on any atom is -0.312 e. The number of nitrogens with one attached hydrogen (secondary N) is 2. The Morgan fingerprint density at radius 1 is 1.08 bits per heavy atom. The molecular formula is C28H30N4O3S2. The summed E-state index contributed by atoms with van der Waals surface area (Å²) in [5.41, 5.74) is 3.49. The Morgan fingerprint density at radius 2 is 1.76 bits per heavy atom. The minimum absolute atomic E-state index is 0.155. The molecule has 0 saturated heterocycles. The Balaban J connectivity index is 1.36. The first-order chi connectivity index (χ1) is 17.4. The van der Waals surface area contributed by atoms with Gasteiger partial charge in [-0.25, -0.2) is 8.42 Å². The molecule has 0 unspecified atom stereocenters. The first-order valence-corrected chi connectivity index (χ1v) is 14.5. The van der Waals surface area contributed by atoms with Gasteiger partial charge >= 0.3 is 0 Å². The van der Waals surface area contributed by atoms with E-state index in [0.717, 1.165) is 16.0 Å². The van der Waals surface area contributed by atoms with E-state index in [2.05, 4.69) is 44.4 Å². The second-order valence-corrected chi connectivity index (χ2v) is 13.8. The number of carbonyl (C=O) groups excluding carboxylic acids is 1. The summed E-state index contributed by atoms with van der Waals surface area (Å²) in [6, 6.07) is 16.2. The van der Waals surface area contributed by atoms with Crippen molar-refractivity contribution in [3.05, 3.63) is 81.2 Å². The molecule has 0 aliphatic carbocycles. The van der Waals surface area contributed by atoms with Gasteiger partial charge in [0, 0.05) is 34.6 Å². The molecule has 3 heterocycles. The SMILES string of the molecule is CC1(C)Cc2c(sc(NC(=O)c3ccc(S(=O)(=O)N4CCc5ccccc5C4)cc3)c2C#N)C(C)(C)N1. The molecule has 0 bridgehead atoms. The molecule has 37 heavy (non-hydrogen) atoms. The lowest BCUT2D eigenvalue weighted by molar-refractivity contribution is 0.102. The van der Waals surface area contributed by atoms with Crippen molar-refractivity contribution in [2.75, 3.05) is 11.9 Å². The first-order valence-electron chi connectivity index (χ1n) is 12.3. The summed E-state index contributed by atoms with van der Waals surface area (Å²) in [4.78, 5) is 14.3. The van der Waals surface area contributed by atoms with Crippen LogP contribution in [0.25, 0.3) is 0 Å². The van der Waals surface area contributed by atoms with E-state index in [0.29, 0.717) is 42.1 Å². The number of benzene rings is 2. The van der Waals surface area contributed by atoms with Crippen molar-refractivity contribution >= 4 is 32.3 Å². The Labute approximate surface area is 222 Å². The van der Waals surface area contributed by atoms with Crippen LogP contribution in [0.1, 0.15) is 65.2 Å². The summed E-state index contributed by atoms with van der Waals surface area (Å²) < 4.78 is 28.0. The Kier molecular flexibility index (Phi) is 6.28. The van der Waals surface area contributed by atoms with E-state index in [9.17, 15) is 18.5 Å². The van der Waals surface area contributed by atoms with Crippen LogP contribution < -0.4 is 10.6 Å². The van der Waals surface area contributed by atoms with E-state index < -0.39 is 10.0 Å². The van der Waals surface area contributed by atoms with E-state index in [1.54, 1.807) is 0 Å². The average molecular weight is 535 g/mol. The lowest BCUT2D eigenvalue weighted by Gasteiger charge is -2.42. The van der Waals surface area contributed by atoms with Crippen molar-refractivity contribution in [2.24, 2.45) is 0 Å². The highest BCUT2D eigenvalue weighted by Crippen LogP contribution is 2.44. The van der Waals surface area contributed by atoms with Crippen molar-refractivity contribution in [2.45, 2.75) is 63.1 Å². The molecule has 5 rings (SSSR count). The average Bonchev–Trinajstić information content (AvgIpc) is 3.19. The van der Waals surface area contributed by atoms with E-state index in [4.69, 9.17) is 0 Å². The molecule has 2 aliphatic rings. The molecule has 2 aliphatic heterocycles. The van der Waals surface area contributed by atoms with Crippen LogP contribution in [0.3, 0.4) is 0 Å². The van der Waals surface area contributed by atoms with Crippen LogP contribution in [0, 0.1) is 11.3 Å². The van der Waals surface area contributed by atoms with Crippen LogP contribution in [0.2, 0.25) is 0 Å². The molecule has 0 spiro atoms. The van der Waals surface area contributed by atoms with Crippen molar-refractivity contribution in [3.8, 4) is 6.07 Å². The Hall–Kier alpha value is -3.03. The third-order valence-electron chi connectivity index (χ3n) is 7.03. The van der Waals surface area contributed by atoms with Crippen LogP contribution in [0.15, 0.2) is 53.4 Å². The molecule has 7 nitrogen and oxygen atoms in total. The van der Waals surface area contributed by atoms with E-state index in [1.807, 2.05) is 24.3 Å². The van der Waals surface area contributed by atoms with Gasteiger partial charge in [0.1, 0.15) is 11.1 Å². The Bertz CT molecular complexity index is 1530. The summed E-state index contributed by atoms with van der Waals surface area (Å²) in [5, 5.41) is 17.0. The molecule has 0 fully saturated rings. The lowest BCUT2D eigenvalue weighted by atomic mass is 9.81. The lowest BCUT2D eigenvalue weighted by Crippen LogP contribution is -2.54. The molecular weight excluding hydrogens is 504 g/mol. The van der Waals surface area contributed by atoms with E-state index in [-0.39, 0.29) is 21.9 Å². The smallest absolute Gasteiger partial charge is 0.256 e. The normalized spacial score (nSPS) is 18.4. The fraction of sp³-hybridized carbons (Fsp3) is 0.357. The molecule has 2 N–H and O–H groups in total. The monoisotopic (exact) mass is 534 g/mol. The predicted molar refractivity (Wildman–Crippen MR) is 145 cm³/mol. The molecule has 0 atom stereocenters. The summed E-state index contributed by atoms with van der Waals surface area (Å²) in [5.74, 6) is -0.379. The molecule has 1 aromatic heterocycles. The number of fused-ring (bicyclic) bond motifs is 2. The van der Waals surface area contributed by atoms with Gasteiger partial charge in [-0.15, -0.1) is 11.3 Å². The van der Waals surface area contributed by atoms with Gasteiger partial charge in [0.15, 0.2) is 0 Å². The molecule has 0 saturated carbocycles. The first kappa shape index (κ1) is 25.6. The van der Waals surface area contributed by atoms with Gasteiger partial charge in [0.2, 0.25) is 10.0 Å². The standard InChI is InChI=1S/C28H30N4O3S2/c1-27(2)15-22-23(16-29)26(36-24(22)28(3,4)31-27)30-25(33)19-9-11-21(12-10-19)37(34,35)32-14-13-18-7-5-6-8-20(18)17-32/h5-12,31H,13-15,17H2,1-4H3,(H,30,33). The maximum atomic E-state index is 13.3. The van der Waals surface area contributed by atoms with Gasteiger partial charge in [-0.2, -0.15) is 9.57 Å². The number of sulfonamides is 1. The molecule has 1 amide bonds. The maximum absolute atomic E-state index is 13.3. The van der Waals surface area contributed by atoms with Crippen molar-refractivity contribution < 1.29 is 13.2 Å². The Morgan fingerprint density at radius 3 is 2.43 bits per heavy atom. The van der Waals surface area contributed by atoms with Crippen molar-refractivity contribution in [1.82, 2.24) is 9.62 Å². The zero-order valence-electron chi connectivity index (χ0n) is 21.4.